The Balaban J connectivity index is 1.93. The second-order valence-corrected chi connectivity index (χ2v) is 12.8. The third-order valence-corrected chi connectivity index (χ3v) is 9.62. The predicted octanol–water partition coefficient (Wildman–Crippen LogP) is 2.18. The van der Waals surface area contributed by atoms with Gasteiger partial charge in [0.1, 0.15) is 4.90 Å². The number of morpholine rings is 1. The van der Waals surface area contributed by atoms with Crippen LogP contribution in [0.5, 0.6) is 0 Å². The molecule has 1 aromatic carbocycles. The molecule has 2 fully saturated rings. The van der Waals surface area contributed by atoms with Crippen molar-refractivity contribution in [2.24, 2.45) is 0 Å². The number of nitrogens with zero attached hydrogens (tertiary/aromatic N) is 2. The van der Waals surface area contributed by atoms with Crippen molar-refractivity contribution in [1.29, 1.82) is 0 Å². The first-order valence-electron chi connectivity index (χ1n) is 10.4. The summed E-state index contributed by atoms with van der Waals surface area (Å²) in [5.74, 6) is -0.402. The number of sulfonamides is 1. The van der Waals surface area contributed by atoms with Gasteiger partial charge in [-0.2, -0.15) is 4.31 Å². The van der Waals surface area contributed by atoms with E-state index < -0.39 is 25.9 Å². The van der Waals surface area contributed by atoms with Crippen LogP contribution in [0.3, 0.4) is 0 Å². The molecule has 2 aliphatic heterocycles. The zero-order valence-electron chi connectivity index (χ0n) is 18.0. The fourth-order valence-corrected chi connectivity index (χ4v) is 8.00. The van der Waals surface area contributed by atoms with E-state index in [0.717, 1.165) is 0 Å². The van der Waals surface area contributed by atoms with Crippen molar-refractivity contribution in [1.82, 2.24) is 9.21 Å². The standard InChI is InChI=1S/C20H29ClN2O6S2/c1-4-8-23(17-7-9-30(25,26)13-17)20(24)16-5-6-18(21)19(10-16)31(27,28)22-11-14(2)29-15(3)12-22/h5-6,10,14-15,17H,4,7-9,11-13H2,1-3H3. The predicted molar refractivity (Wildman–Crippen MR) is 119 cm³/mol. The van der Waals surface area contributed by atoms with Crippen LogP contribution in [-0.2, 0) is 24.6 Å². The van der Waals surface area contributed by atoms with Crippen LogP contribution in [0.1, 0.15) is 44.0 Å². The summed E-state index contributed by atoms with van der Waals surface area (Å²) in [4.78, 5) is 14.7. The number of ether oxygens (including phenoxy) is 1. The summed E-state index contributed by atoms with van der Waals surface area (Å²) in [5, 5.41) is 0.0360. The second kappa shape index (κ2) is 9.35. The van der Waals surface area contributed by atoms with Gasteiger partial charge in [0.2, 0.25) is 10.0 Å². The number of hydrogen-bond donors (Lipinski definition) is 0. The molecule has 0 spiro atoms. The molecule has 0 aromatic heterocycles. The van der Waals surface area contributed by atoms with Crippen molar-refractivity contribution in [3.05, 3.63) is 28.8 Å². The second-order valence-electron chi connectivity index (χ2n) is 8.28. The van der Waals surface area contributed by atoms with Crippen molar-refractivity contribution in [2.45, 2.75) is 56.8 Å². The Morgan fingerprint density at radius 2 is 1.90 bits per heavy atom. The highest BCUT2D eigenvalue weighted by molar-refractivity contribution is 7.91. The maximum absolute atomic E-state index is 13.3. The van der Waals surface area contributed by atoms with Crippen molar-refractivity contribution >= 4 is 37.4 Å². The smallest absolute Gasteiger partial charge is 0.254 e. The third-order valence-electron chi connectivity index (χ3n) is 5.56. The molecular formula is C20H29ClN2O6S2. The molecule has 0 aliphatic carbocycles. The quantitative estimate of drug-likeness (QED) is 0.603. The van der Waals surface area contributed by atoms with Crippen LogP contribution in [0, 0.1) is 0 Å². The minimum absolute atomic E-state index is 0.0360. The van der Waals surface area contributed by atoms with Gasteiger partial charge in [-0.05, 0) is 44.9 Å². The normalized spacial score (nSPS) is 26.6. The lowest BCUT2D eigenvalue weighted by Gasteiger charge is -2.34. The largest absolute Gasteiger partial charge is 0.373 e. The van der Waals surface area contributed by atoms with E-state index in [1.165, 1.54) is 22.5 Å². The summed E-state index contributed by atoms with van der Waals surface area (Å²) < 4.78 is 57.4. The fraction of sp³-hybridized carbons (Fsp3) is 0.650. The van der Waals surface area contributed by atoms with Crippen molar-refractivity contribution in [2.75, 3.05) is 31.1 Å². The molecule has 3 rings (SSSR count). The van der Waals surface area contributed by atoms with Gasteiger partial charge in [0.15, 0.2) is 9.84 Å². The zero-order chi connectivity index (χ0) is 23.0. The van der Waals surface area contributed by atoms with E-state index >= 15 is 0 Å². The molecule has 31 heavy (non-hydrogen) atoms. The Bertz CT molecular complexity index is 1030. The highest BCUT2D eigenvalue weighted by Crippen LogP contribution is 2.29. The van der Waals surface area contributed by atoms with E-state index in [1.807, 2.05) is 6.92 Å². The molecule has 0 N–H and O–H groups in total. The summed E-state index contributed by atoms with van der Waals surface area (Å²) in [6.45, 7) is 6.30. The number of halogens is 1. The maximum Gasteiger partial charge on any atom is 0.254 e. The van der Waals surface area contributed by atoms with E-state index in [2.05, 4.69) is 0 Å². The lowest BCUT2D eigenvalue weighted by molar-refractivity contribution is -0.0440. The van der Waals surface area contributed by atoms with Crippen LogP contribution in [0.25, 0.3) is 0 Å². The highest BCUT2D eigenvalue weighted by atomic mass is 35.5. The van der Waals surface area contributed by atoms with Gasteiger partial charge in [-0.1, -0.05) is 18.5 Å². The van der Waals surface area contributed by atoms with Gasteiger partial charge >= 0.3 is 0 Å². The number of hydrogen-bond acceptors (Lipinski definition) is 6. The van der Waals surface area contributed by atoms with E-state index in [9.17, 15) is 21.6 Å². The monoisotopic (exact) mass is 492 g/mol. The Morgan fingerprint density at radius 1 is 1.26 bits per heavy atom. The van der Waals surface area contributed by atoms with E-state index in [0.29, 0.717) is 19.4 Å². The number of carbonyl (C=O) groups excluding carboxylic acids is 1. The first-order valence-corrected chi connectivity index (χ1v) is 14.0. The topological polar surface area (TPSA) is 101 Å². The SMILES string of the molecule is CCCN(C(=O)c1ccc(Cl)c(S(=O)(=O)N2CC(C)OC(C)C2)c1)C1CCS(=O)(=O)C1. The van der Waals surface area contributed by atoms with Gasteiger partial charge in [0.25, 0.3) is 5.91 Å². The number of amides is 1. The summed E-state index contributed by atoms with van der Waals surface area (Å²) in [5.41, 5.74) is 0.176. The minimum atomic E-state index is -3.94. The molecular weight excluding hydrogens is 464 g/mol. The Kier molecular flexibility index (Phi) is 7.37. The summed E-state index contributed by atoms with van der Waals surface area (Å²) in [6, 6.07) is 3.79. The number of rotatable bonds is 6. The molecule has 0 bridgehead atoms. The molecule has 0 saturated carbocycles. The first kappa shape index (κ1) is 24.4. The first-order chi connectivity index (χ1) is 14.4. The van der Waals surface area contributed by atoms with Crippen LogP contribution in [0.2, 0.25) is 5.02 Å². The van der Waals surface area contributed by atoms with E-state index in [1.54, 1.807) is 18.7 Å². The minimum Gasteiger partial charge on any atom is -0.373 e. The van der Waals surface area contributed by atoms with Gasteiger partial charge < -0.3 is 9.64 Å². The molecule has 1 amide bonds. The van der Waals surface area contributed by atoms with E-state index in [-0.39, 0.29) is 58.2 Å². The van der Waals surface area contributed by atoms with Gasteiger partial charge in [0.05, 0.1) is 28.7 Å². The van der Waals surface area contributed by atoms with Crippen molar-refractivity contribution in [3.8, 4) is 0 Å². The van der Waals surface area contributed by atoms with Crippen LogP contribution in [0.15, 0.2) is 23.1 Å². The van der Waals surface area contributed by atoms with Gasteiger partial charge in [-0.25, -0.2) is 16.8 Å². The molecule has 2 aliphatic rings. The molecule has 11 heteroatoms. The molecule has 174 valence electrons. The molecule has 2 heterocycles. The van der Waals surface area contributed by atoms with Gasteiger partial charge in [-0.15, -0.1) is 0 Å². The molecule has 0 radical (unpaired) electrons. The molecule has 1 aromatic rings. The number of carbonyl (C=O) groups is 1. The zero-order valence-corrected chi connectivity index (χ0v) is 20.3. The molecule has 8 nitrogen and oxygen atoms in total. The summed E-state index contributed by atoms with van der Waals surface area (Å²) in [7, 11) is -7.10. The third kappa shape index (κ3) is 5.42. The van der Waals surface area contributed by atoms with Crippen LogP contribution < -0.4 is 0 Å². The van der Waals surface area contributed by atoms with Crippen LogP contribution in [-0.4, -0.2) is 81.3 Å². The molecule has 3 unspecified atom stereocenters. The fourth-order valence-electron chi connectivity index (χ4n) is 4.18. The maximum atomic E-state index is 13.3. The average molecular weight is 493 g/mol. The van der Waals surface area contributed by atoms with E-state index in [4.69, 9.17) is 16.3 Å². The number of benzene rings is 1. The Morgan fingerprint density at radius 3 is 2.45 bits per heavy atom. The van der Waals surface area contributed by atoms with Crippen molar-refractivity contribution in [3.63, 3.8) is 0 Å². The van der Waals surface area contributed by atoms with Crippen LogP contribution >= 0.6 is 11.6 Å². The summed E-state index contributed by atoms with van der Waals surface area (Å²) >= 11 is 6.24. The molecule has 2 saturated heterocycles. The summed E-state index contributed by atoms with van der Waals surface area (Å²) in [6.07, 6.45) is 0.527. The number of sulfone groups is 1. The lowest BCUT2D eigenvalue weighted by Crippen LogP contribution is -2.48. The lowest BCUT2D eigenvalue weighted by atomic mass is 10.1. The molecule has 3 atom stereocenters. The van der Waals surface area contributed by atoms with Crippen LogP contribution in [0.4, 0.5) is 0 Å². The Hall–Kier alpha value is -1.20. The Labute approximate surface area is 189 Å². The average Bonchev–Trinajstić information content (AvgIpc) is 3.04. The van der Waals surface area contributed by atoms with Gasteiger partial charge in [0, 0.05) is 31.2 Å². The van der Waals surface area contributed by atoms with Gasteiger partial charge in [-0.3, -0.25) is 4.79 Å². The highest BCUT2D eigenvalue weighted by Gasteiger charge is 2.36. The van der Waals surface area contributed by atoms with Crippen molar-refractivity contribution < 1.29 is 26.4 Å².